The lowest BCUT2D eigenvalue weighted by Gasteiger charge is -2.23. The molecule has 0 heterocycles. The number of phenolic OH excluding ortho intramolecular Hbond substituents is 1. The Kier molecular flexibility index (Phi) is 5.05. The van der Waals surface area contributed by atoms with Crippen molar-refractivity contribution in [2.75, 3.05) is 0 Å². The van der Waals surface area contributed by atoms with Crippen LogP contribution in [0.3, 0.4) is 0 Å². The van der Waals surface area contributed by atoms with Gasteiger partial charge in [-0.05, 0) is 48.7 Å². The normalized spacial score (nSPS) is 13.9. The first-order chi connectivity index (χ1) is 9.60. The van der Waals surface area contributed by atoms with E-state index >= 15 is 0 Å². The number of rotatable bonds is 5. The summed E-state index contributed by atoms with van der Waals surface area (Å²) in [6.45, 7) is 4.30. The van der Waals surface area contributed by atoms with E-state index in [-0.39, 0.29) is 12.1 Å². The average Bonchev–Trinajstić information content (AvgIpc) is 2.46. The minimum Gasteiger partial charge on any atom is -0.508 e. The van der Waals surface area contributed by atoms with Gasteiger partial charge in [-0.3, -0.25) is 0 Å². The standard InChI is InChI=1S/C17H20ClNO/c1-3-17(14-6-10-16(20)11-7-14)19-12(2)13-4-8-15(18)9-5-13/h4-12,17,19-20H,3H2,1-2H3/t12-,17?/m1/s1. The van der Waals surface area contributed by atoms with Crippen LogP contribution < -0.4 is 5.32 Å². The molecule has 0 bridgehead atoms. The summed E-state index contributed by atoms with van der Waals surface area (Å²) >= 11 is 5.92. The Bertz CT molecular complexity index is 536. The van der Waals surface area contributed by atoms with E-state index in [1.807, 2.05) is 36.4 Å². The topological polar surface area (TPSA) is 32.3 Å². The zero-order valence-electron chi connectivity index (χ0n) is 11.8. The second kappa shape index (κ2) is 6.78. The fraction of sp³-hybridized carbons (Fsp3) is 0.294. The van der Waals surface area contributed by atoms with Crippen LogP contribution in [-0.4, -0.2) is 5.11 Å². The highest BCUT2D eigenvalue weighted by atomic mass is 35.5. The molecule has 0 saturated carbocycles. The van der Waals surface area contributed by atoms with Crippen LogP contribution in [0, 0.1) is 0 Å². The van der Waals surface area contributed by atoms with Crippen LogP contribution in [0.25, 0.3) is 0 Å². The predicted molar refractivity (Wildman–Crippen MR) is 84.1 cm³/mol. The van der Waals surface area contributed by atoms with E-state index in [0.29, 0.717) is 5.75 Å². The number of halogens is 1. The number of hydrogen-bond acceptors (Lipinski definition) is 2. The number of aromatic hydroxyl groups is 1. The van der Waals surface area contributed by atoms with Crippen molar-refractivity contribution in [1.82, 2.24) is 5.32 Å². The number of nitrogens with one attached hydrogen (secondary N) is 1. The smallest absolute Gasteiger partial charge is 0.115 e. The quantitative estimate of drug-likeness (QED) is 0.825. The molecule has 2 aromatic rings. The van der Waals surface area contributed by atoms with Gasteiger partial charge >= 0.3 is 0 Å². The molecule has 0 aliphatic rings. The van der Waals surface area contributed by atoms with Gasteiger partial charge in [0.05, 0.1) is 0 Å². The Morgan fingerprint density at radius 3 is 2.10 bits per heavy atom. The van der Waals surface area contributed by atoms with Gasteiger partial charge in [-0.2, -0.15) is 0 Å². The third-order valence-corrected chi connectivity index (χ3v) is 3.78. The molecule has 2 N–H and O–H groups in total. The highest BCUT2D eigenvalue weighted by Crippen LogP contribution is 2.24. The molecule has 0 fully saturated rings. The first-order valence-electron chi connectivity index (χ1n) is 6.90. The second-order valence-corrected chi connectivity index (χ2v) is 5.43. The maximum Gasteiger partial charge on any atom is 0.115 e. The lowest BCUT2D eigenvalue weighted by Crippen LogP contribution is -2.24. The molecule has 0 saturated heterocycles. The highest BCUT2D eigenvalue weighted by Gasteiger charge is 2.13. The van der Waals surface area contributed by atoms with Crippen LogP contribution in [0.4, 0.5) is 0 Å². The minimum absolute atomic E-state index is 0.242. The lowest BCUT2D eigenvalue weighted by atomic mass is 10.0. The number of phenols is 1. The Morgan fingerprint density at radius 1 is 1.00 bits per heavy atom. The van der Waals surface area contributed by atoms with E-state index < -0.39 is 0 Å². The average molecular weight is 290 g/mol. The van der Waals surface area contributed by atoms with Crippen molar-refractivity contribution in [2.24, 2.45) is 0 Å². The van der Waals surface area contributed by atoms with Crippen LogP contribution in [0.5, 0.6) is 5.75 Å². The van der Waals surface area contributed by atoms with Gasteiger partial charge in [0.1, 0.15) is 5.75 Å². The molecule has 0 aromatic heterocycles. The Labute approximate surface area is 125 Å². The second-order valence-electron chi connectivity index (χ2n) is 4.99. The largest absolute Gasteiger partial charge is 0.508 e. The third-order valence-electron chi connectivity index (χ3n) is 3.52. The highest BCUT2D eigenvalue weighted by molar-refractivity contribution is 6.30. The molecule has 106 valence electrons. The van der Waals surface area contributed by atoms with Gasteiger partial charge in [-0.1, -0.05) is 42.8 Å². The zero-order chi connectivity index (χ0) is 14.5. The van der Waals surface area contributed by atoms with Crippen molar-refractivity contribution in [3.05, 3.63) is 64.7 Å². The van der Waals surface area contributed by atoms with E-state index in [2.05, 4.69) is 19.2 Å². The number of hydrogen-bond donors (Lipinski definition) is 2. The van der Waals surface area contributed by atoms with Crippen LogP contribution in [0.1, 0.15) is 43.5 Å². The van der Waals surface area contributed by atoms with E-state index in [1.165, 1.54) is 11.1 Å². The Hall–Kier alpha value is -1.51. The monoisotopic (exact) mass is 289 g/mol. The van der Waals surface area contributed by atoms with Gasteiger partial charge in [0, 0.05) is 17.1 Å². The Morgan fingerprint density at radius 2 is 1.55 bits per heavy atom. The van der Waals surface area contributed by atoms with E-state index in [4.69, 9.17) is 11.6 Å². The van der Waals surface area contributed by atoms with E-state index in [0.717, 1.165) is 11.4 Å². The summed E-state index contributed by atoms with van der Waals surface area (Å²) in [5.74, 6) is 0.300. The summed E-state index contributed by atoms with van der Waals surface area (Å²) in [7, 11) is 0. The summed E-state index contributed by atoms with van der Waals surface area (Å²) in [5.41, 5.74) is 2.40. The van der Waals surface area contributed by atoms with Crippen molar-refractivity contribution in [3.63, 3.8) is 0 Å². The van der Waals surface area contributed by atoms with Crippen molar-refractivity contribution < 1.29 is 5.11 Å². The van der Waals surface area contributed by atoms with Gasteiger partial charge in [-0.15, -0.1) is 0 Å². The molecule has 0 radical (unpaired) electrons. The summed E-state index contributed by atoms with van der Waals surface area (Å²) in [4.78, 5) is 0. The van der Waals surface area contributed by atoms with Crippen LogP contribution in [0.15, 0.2) is 48.5 Å². The fourth-order valence-electron chi connectivity index (χ4n) is 2.31. The number of benzene rings is 2. The molecule has 2 nitrogen and oxygen atoms in total. The molecule has 2 aromatic carbocycles. The maximum absolute atomic E-state index is 9.36. The van der Waals surface area contributed by atoms with Crippen molar-refractivity contribution in [1.29, 1.82) is 0 Å². The lowest BCUT2D eigenvalue weighted by molar-refractivity contribution is 0.453. The zero-order valence-corrected chi connectivity index (χ0v) is 12.6. The molecule has 0 aliphatic carbocycles. The summed E-state index contributed by atoms with van der Waals surface area (Å²) in [5, 5.41) is 13.7. The molecule has 2 rings (SSSR count). The first kappa shape index (κ1) is 14.9. The van der Waals surface area contributed by atoms with Crippen LogP contribution >= 0.6 is 11.6 Å². The first-order valence-corrected chi connectivity index (χ1v) is 7.28. The Balaban J connectivity index is 2.09. The van der Waals surface area contributed by atoms with Crippen molar-refractivity contribution in [3.8, 4) is 5.75 Å². The molecule has 2 atom stereocenters. The summed E-state index contributed by atoms with van der Waals surface area (Å²) in [6, 6.07) is 15.8. The van der Waals surface area contributed by atoms with Gasteiger partial charge < -0.3 is 10.4 Å². The van der Waals surface area contributed by atoms with Crippen molar-refractivity contribution >= 4 is 11.6 Å². The molecule has 1 unspecified atom stereocenters. The van der Waals surface area contributed by atoms with Crippen molar-refractivity contribution in [2.45, 2.75) is 32.4 Å². The van der Waals surface area contributed by atoms with Gasteiger partial charge in [0.25, 0.3) is 0 Å². The van der Waals surface area contributed by atoms with Gasteiger partial charge in [0.2, 0.25) is 0 Å². The van der Waals surface area contributed by atoms with Gasteiger partial charge in [0.15, 0.2) is 0 Å². The molecular formula is C17H20ClNO. The van der Waals surface area contributed by atoms with Crippen LogP contribution in [-0.2, 0) is 0 Å². The van der Waals surface area contributed by atoms with E-state index in [1.54, 1.807) is 12.1 Å². The van der Waals surface area contributed by atoms with Crippen LogP contribution in [0.2, 0.25) is 5.02 Å². The minimum atomic E-state index is 0.242. The fourth-order valence-corrected chi connectivity index (χ4v) is 2.43. The molecule has 0 amide bonds. The molecule has 3 heteroatoms. The molecular weight excluding hydrogens is 270 g/mol. The maximum atomic E-state index is 9.36. The third kappa shape index (κ3) is 3.75. The van der Waals surface area contributed by atoms with Gasteiger partial charge in [-0.25, -0.2) is 0 Å². The molecule has 20 heavy (non-hydrogen) atoms. The SMILES string of the molecule is CCC(N[C@H](C)c1ccc(Cl)cc1)c1ccc(O)cc1. The summed E-state index contributed by atoms with van der Waals surface area (Å²) in [6.07, 6.45) is 0.989. The predicted octanol–water partition coefficient (Wildman–Crippen LogP) is 4.85. The molecule has 0 aliphatic heterocycles. The molecule has 0 spiro atoms. The van der Waals surface area contributed by atoms with E-state index in [9.17, 15) is 5.11 Å². The summed E-state index contributed by atoms with van der Waals surface area (Å²) < 4.78 is 0.